The molecule has 4 rings (SSSR count). The molecule has 0 aliphatic carbocycles. The summed E-state index contributed by atoms with van der Waals surface area (Å²) in [7, 11) is 1.30. The first kappa shape index (κ1) is 20.2. The number of ether oxygens (including phenoxy) is 3. The predicted molar refractivity (Wildman–Crippen MR) is 111 cm³/mol. The fourth-order valence-electron chi connectivity index (χ4n) is 2.61. The van der Waals surface area contributed by atoms with Crippen LogP contribution in [0.3, 0.4) is 0 Å². The molecule has 4 aromatic rings. The normalized spacial score (nSPS) is 10.5. The second-order valence-corrected chi connectivity index (χ2v) is 6.37. The molecule has 10 heteroatoms. The summed E-state index contributed by atoms with van der Waals surface area (Å²) < 4.78 is 21.1. The Labute approximate surface area is 180 Å². The molecule has 2 aromatic carbocycles. The third-order valence-corrected chi connectivity index (χ3v) is 4.14. The third kappa shape index (κ3) is 4.41. The standard InChI is InChI=1S/C21H14ClN3O6/c1-28-19-17(23-15-12-16(22)31-18(15)24-19)25(20(26)29-13-8-4-2-5-9-13)21(27)30-14-10-6-3-7-11-14/h2-12H,1H3. The van der Waals surface area contributed by atoms with Crippen molar-refractivity contribution >= 4 is 40.8 Å². The van der Waals surface area contributed by atoms with E-state index in [1.165, 1.54) is 13.2 Å². The highest BCUT2D eigenvalue weighted by atomic mass is 35.5. The van der Waals surface area contributed by atoms with Crippen molar-refractivity contribution in [2.45, 2.75) is 0 Å². The van der Waals surface area contributed by atoms with Crippen molar-refractivity contribution in [3.63, 3.8) is 0 Å². The molecule has 31 heavy (non-hydrogen) atoms. The minimum absolute atomic E-state index is 0.0273. The lowest BCUT2D eigenvalue weighted by atomic mass is 10.3. The molecule has 9 nitrogen and oxygen atoms in total. The van der Waals surface area contributed by atoms with Crippen LogP contribution in [0.15, 0.2) is 71.1 Å². The SMILES string of the molecule is COc1nc2oc(Cl)cc2nc1N(C(=O)Oc1ccccc1)C(=O)Oc1ccccc1. The van der Waals surface area contributed by atoms with Gasteiger partial charge >= 0.3 is 12.2 Å². The van der Waals surface area contributed by atoms with E-state index in [-0.39, 0.29) is 39.6 Å². The maximum absolute atomic E-state index is 13.0. The number of carbonyl (C=O) groups excluding carboxylic acids is 2. The molecule has 0 fully saturated rings. The van der Waals surface area contributed by atoms with Gasteiger partial charge in [0.2, 0.25) is 11.5 Å². The monoisotopic (exact) mass is 439 g/mol. The van der Waals surface area contributed by atoms with Crippen LogP contribution in [0, 0.1) is 0 Å². The van der Waals surface area contributed by atoms with E-state index >= 15 is 0 Å². The number of amides is 2. The highest BCUT2D eigenvalue weighted by Gasteiger charge is 2.33. The predicted octanol–water partition coefficient (Wildman–Crippen LogP) is 5.09. The Balaban J connectivity index is 1.76. The maximum atomic E-state index is 13.0. The quantitative estimate of drug-likeness (QED) is 0.433. The summed E-state index contributed by atoms with van der Waals surface area (Å²) in [6.45, 7) is 0. The molecular weight excluding hydrogens is 426 g/mol. The average molecular weight is 440 g/mol. The van der Waals surface area contributed by atoms with Crippen LogP contribution in [0.4, 0.5) is 15.4 Å². The van der Waals surface area contributed by atoms with Crippen LogP contribution in [-0.4, -0.2) is 29.3 Å². The molecular formula is C21H14ClN3O6. The molecule has 0 atom stereocenters. The number of rotatable bonds is 4. The van der Waals surface area contributed by atoms with E-state index in [9.17, 15) is 9.59 Å². The topological polar surface area (TPSA) is 104 Å². The number of para-hydroxylation sites is 2. The smallest absolute Gasteiger partial charge is 0.430 e. The molecule has 0 aliphatic rings. The Hall–Kier alpha value is -4.11. The highest BCUT2D eigenvalue weighted by Crippen LogP contribution is 2.31. The Morgan fingerprint density at radius 2 is 1.45 bits per heavy atom. The number of hydrogen-bond acceptors (Lipinski definition) is 8. The molecule has 0 saturated heterocycles. The zero-order chi connectivity index (χ0) is 21.8. The van der Waals surface area contributed by atoms with Gasteiger partial charge in [-0.05, 0) is 35.9 Å². The summed E-state index contributed by atoms with van der Waals surface area (Å²) in [6.07, 6.45) is -2.15. The summed E-state index contributed by atoms with van der Waals surface area (Å²) in [5, 5.41) is 0.0273. The number of anilines is 1. The molecule has 2 amide bonds. The van der Waals surface area contributed by atoms with Crippen molar-refractivity contribution in [1.82, 2.24) is 9.97 Å². The number of halogens is 1. The Bertz CT molecular complexity index is 1180. The van der Waals surface area contributed by atoms with Crippen molar-refractivity contribution in [3.8, 4) is 17.4 Å². The lowest BCUT2D eigenvalue weighted by Gasteiger charge is -2.20. The zero-order valence-electron chi connectivity index (χ0n) is 16.0. The molecule has 0 radical (unpaired) electrons. The minimum Gasteiger partial charge on any atom is -0.478 e. The first-order chi connectivity index (χ1) is 15.0. The van der Waals surface area contributed by atoms with Crippen LogP contribution < -0.4 is 19.1 Å². The zero-order valence-corrected chi connectivity index (χ0v) is 16.8. The number of fused-ring (bicyclic) bond motifs is 1. The van der Waals surface area contributed by atoms with Gasteiger partial charge in [0, 0.05) is 6.07 Å². The average Bonchev–Trinajstić information content (AvgIpc) is 3.13. The number of methoxy groups -OCH3 is 1. The van der Waals surface area contributed by atoms with Crippen LogP contribution in [0.25, 0.3) is 11.2 Å². The molecule has 0 bridgehead atoms. The van der Waals surface area contributed by atoms with Gasteiger partial charge in [-0.25, -0.2) is 14.6 Å². The number of nitrogens with zero attached hydrogens (tertiary/aromatic N) is 3. The Morgan fingerprint density at radius 1 is 0.903 bits per heavy atom. The van der Waals surface area contributed by atoms with Gasteiger partial charge in [0.25, 0.3) is 5.88 Å². The molecule has 0 unspecified atom stereocenters. The van der Waals surface area contributed by atoms with Crippen molar-refractivity contribution in [3.05, 3.63) is 71.9 Å². The van der Waals surface area contributed by atoms with Gasteiger partial charge in [0.05, 0.1) is 7.11 Å². The highest BCUT2D eigenvalue weighted by molar-refractivity contribution is 6.29. The lowest BCUT2D eigenvalue weighted by Crippen LogP contribution is -2.41. The second kappa shape index (κ2) is 8.72. The van der Waals surface area contributed by atoms with E-state index in [0.717, 1.165) is 0 Å². The molecule has 0 aliphatic heterocycles. The number of aromatic nitrogens is 2. The van der Waals surface area contributed by atoms with Gasteiger partial charge < -0.3 is 18.6 Å². The van der Waals surface area contributed by atoms with Crippen molar-refractivity contribution in [2.24, 2.45) is 0 Å². The van der Waals surface area contributed by atoms with Gasteiger partial charge in [-0.15, -0.1) is 0 Å². The van der Waals surface area contributed by atoms with Gasteiger partial charge in [-0.1, -0.05) is 36.4 Å². The van der Waals surface area contributed by atoms with Crippen molar-refractivity contribution in [2.75, 3.05) is 12.0 Å². The molecule has 2 aromatic heterocycles. The Kier molecular flexibility index (Phi) is 5.67. The summed E-state index contributed by atoms with van der Waals surface area (Å²) in [5.41, 5.74) is 0.268. The molecule has 2 heterocycles. The fourth-order valence-corrected chi connectivity index (χ4v) is 2.78. The Morgan fingerprint density at radius 3 is 1.97 bits per heavy atom. The largest absolute Gasteiger partial charge is 0.478 e. The van der Waals surface area contributed by atoms with Gasteiger partial charge in [-0.2, -0.15) is 9.88 Å². The van der Waals surface area contributed by atoms with E-state index in [1.54, 1.807) is 60.7 Å². The number of imide groups is 1. The summed E-state index contributed by atoms with van der Waals surface area (Å²) in [4.78, 5) is 34.9. The summed E-state index contributed by atoms with van der Waals surface area (Å²) in [6, 6.07) is 17.8. The van der Waals surface area contributed by atoms with Gasteiger partial charge in [0.1, 0.15) is 17.0 Å². The minimum atomic E-state index is -1.08. The number of furan rings is 1. The number of benzene rings is 2. The van der Waals surface area contributed by atoms with Crippen LogP contribution in [0.5, 0.6) is 17.4 Å². The third-order valence-electron chi connectivity index (χ3n) is 3.95. The van der Waals surface area contributed by atoms with Crippen LogP contribution in [-0.2, 0) is 0 Å². The van der Waals surface area contributed by atoms with Crippen molar-refractivity contribution < 1.29 is 28.2 Å². The first-order valence-corrected chi connectivity index (χ1v) is 9.28. The van der Waals surface area contributed by atoms with Crippen LogP contribution in [0.2, 0.25) is 5.22 Å². The molecule has 0 saturated carbocycles. The maximum Gasteiger partial charge on any atom is 0.430 e. The van der Waals surface area contributed by atoms with Gasteiger partial charge in [0.15, 0.2) is 5.22 Å². The summed E-state index contributed by atoms with van der Waals surface area (Å²) >= 11 is 5.87. The molecule has 156 valence electrons. The van der Waals surface area contributed by atoms with Gasteiger partial charge in [-0.3, -0.25) is 0 Å². The van der Waals surface area contributed by atoms with E-state index in [0.29, 0.717) is 4.90 Å². The fraction of sp³-hybridized carbons (Fsp3) is 0.0476. The van der Waals surface area contributed by atoms with E-state index < -0.39 is 12.2 Å². The second-order valence-electron chi connectivity index (χ2n) is 5.99. The van der Waals surface area contributed by atoms with Crippen LogP contribution >= 0.6 is 11.6 Å². The summed E-state index contributed by atoms with van der Waals surface area (Å²) in [5.74, 6) is -0.00314. The molecule has 0 N–H and O–H groups in total. The van der Waals surface area contributed by atoms with E-state index in [2.05, 4.69) is 9.97 Å². The first-order valence-electron chi connectivity index (χ1n) is 8.90. The van der Waals surface area contributed by atoms with Crippen LogP contribution in [0.1, 0.15) is 0 Å². The molecule has 0 spiro atoms. The number of carbonyl (C=O) groups is 2. The van der Waals surface area contributed by atoms with Crippen molar-refractivity contribution in [1.29, 1.82) is 0 Å². The number of hydrogen-bond donors (Lipinski definition) is 0. The van der Waals surface area contributed by atoms with E-state index in [1.807, 2.05) is 0 Å². The van der Waals surface area contributed by atoms with E-state index in [4.69, 9.17) is 30.2 Å². The lowest BCUT2D eigenvalue weighted by molar-refractivity contribution is 0.190.